The summed E-state index contributed by atoms with van der Waals surface area (Å²) in [7, 11) is -3.82. The monoisotopic (exact) mass is 416 g/mol. The highest BCUT2D eigenvalue weighted by atomic mass is 32.2. The van der Waals surface area contributed by atoms with Crippen molar-refractivity contribution in [2.75, 3.05) is 17.9 Å². The van der Waals surface area contributed by atoms with Crippen molar-refractivity contribution in [3.05, 3.63) is 59.7 Å². The third kappa shape index (κ3) is 5.36. The number of anilines is 1. The van der Waals surface area contributed by atoms with Crippen LogP contribution in [0.1, 0.15) is 49.5 Å². The zero-order valence-corrected chi connectivity index (χ0v) is 17.9. The molecule has 2 aromatic carbocycles. The minimum absolute atomic E-state index is 0.0177. The highest BCUT2D eigenvalue weighted by Crippen LogP contribution is 2.25. The summed E-state index contributed by atoms with van der Waals surface area (Å²) in [6, 6.07) is 13.4. The van der Waals surface area contributed by atoms with E-state index in [1.807, 2.05) is 12.1 Å². The molecule has 1 atom stereocenters. The molecule has 0 aliphatic carbocycles. The fraction of sp³-hybridized carbons (Fsp3) is 0.409. The van der Waals surface area contributed by atoms with Gasteiger partial charge in [-0.05, 0) is 48.1 Å². The Bertz CT molecular complexity index is 957. The molecule has 2 aromatic rings. The highest BCUT2D eigenvalue weighted by molar-refractivity contribution is 7.92. The standard InChI is InChI=1S/C22H28N2O4S/c1-22(2,3)16-10-12-18(13-11-16)29(26,27)24-20-9-5-4-8-19(20)21(25)23-15-17-7-6-14-28-17/h4-5,8-13,17,24H,6-7,14-15H2,1-3H3,(H,23,25). The lowest BCUT2D eigenvalue weighted by Crippen LogP contribution is -2.32. The maximum atomic E-state index is 12.8. The first-order valence-electron chi connectivity index (χ1n) is 9.79. The molecule has 6 nitrogen and oxygen atoms in total. The van der Waals surface area contributed by atoms with Gasteiger partial charge < -0.3 is 10.1 Å². The number of hydrogen-bond acceptors (Lipinski definition) is 4. The number of hydrogen-bond donors (Lipinski definition) is 2. The minimum atomic E-state index is -3.82. The number of carbonyl (C=O) groups excluding carboxylic acids is 1. The Labute approximate surface area is 172 Å². The molecular weight excluding hydrogens is 388 g/mol. The summed E-state index contributed by atoms with van der Waals surface area (Å²) in [6.45, 7) is 7.33. The molecule has 1 heterocycles. The SMILES string of the molecule is CC(C)(C)c1ccc(S(=O)(=O)Nc2ccccc2C(=O)NCC2CCCO2)cc1. The summed E-state index contributed by atoms with van der Waals surface area (Å²) in [5.41, 5.74) is 1.51. The van der Waals surface area contributed by atoms with Gasteiger partial charge in [0.1, 0.15) is 0 Å². The van der Waals surface area contributed by atoms with Crippen molar-refractivity contribution in [2.45, 2.75) is 50.0 Å². The summed E-state index contributed by atoms with van der Waals surface area (Å²) in [5.74, 6) is -0.332. The lowest BCUT2D eigenvalue weighted by atomic mass is 9.87. The highest BCUT2D eigenvalue weighted by Gasteiger charge is 2.21. The number of para-hydroxylation sites is 1. The summed E-state index contributed by atoms with van der Waals surface area (Å²) in [4.78, 5) is 12.8. The lowest BCUT2D eigenvalue weighted by Gasteiger charge is -2.19. The minimum Gasteiger partial charge on any atom is -0.376 e. The molecule has 0 saturated carbocycles. The average molecular weight is 417 g/mol. The van der Waals surface area contributed by atoms with Crippen LogP contribution in [0.25, 0.3) is 0 Å². The molecule has 0 aromatic heterocycles. The third-order valence-corrected chi connectivity index (χ3v) is 6.34. The van der Waals surface area contributed by atoms with Crippen molar-refractivity contribution in [1.29, 1.82) is 0 Å². The Morgan fingerprint density at radius 3 is 2.41 bits per heavy atom. The Hall–Kier alpha value is -2.38. The predicted molar refractivity (Wildman–Crippen MR) is 114 cm³/mol. The Morgan fingerprint density at radius 1 is 1.10 bits per heavy atom. The first-order chi connectivity index (χ1) is 13.7. The normalized spacial score (nSPS) is 17.1. The van der Waals surface area contributed by atoms with Crippen LogP contribution >= 0.6 is 0 Å². The van der Waals surface area contributed by atoms with Gasteiger partial charge in [-0.1, -0.05) is 45.0 Å². The predicted octanol–water partition coefficient (Wildman–Crippen LogP) is 3.69. The summed E-state index contributed by atoms with van der Waals surface area (Å²) in [5, 5.41) is 2.83. The van der Waals surface area contributed by atoms with Crippen molar-refractivity contribution in [3.8, 4) is 0 Å². The molecule has 0 bridgehead atoms. The molecular formula is C22H28N2O4S. The van der Waals surface area contributed by atoms with Gasteiger partial charge in [0.15, 0.2) is 0 Å². The first-order valence-corrected chi connectivity index (χ1v) is 11.3. The second kappa shape index (κ2) is 8.55. The first kappa shape index (κ1) is 21.3. The third-order valence-electron chi connectivity index (χ3n) is 4.96. The van der Waals surface area contributed by atoms with E-state index in [4.69, 9.17) is 4.74 Å². The molecule has 29 heavy (non-hydrogen) atoms. The fourth-order valence-electron chi connectivity index (χ4n) is 3.21. The van der Waals surface area contributed by atoms with Crippen molar-refractivity contribution in [3.63, 3.8) is 0 Å². The summed E-state index contributed by atoms with van der Waals surface area (Å²) in [6.07, 6.45) is 1.92. The van der Waals surface area contributed by atoms with E-state index < -0.39 is 10.0 Å². The lowest BCUT2D eigenvalue weighted by molar-refractivity contribution is 0.0858. The van der Waals surface area contributed by atoms with Crippen LogP contribution in [0.3, 0.4) is 0 Å². The van der Waals surface area contributed by atoms with E-state index in [0.29, 0.717) is 13.2 Å². The molecule has 0 radical (unpaired) electrons. The van der Waals surface area contributed by atoms with Crippen molar-refractivity contribution in [1.82, 2.24) is 5.32 Å². The van der Waals surface area contributed by atoms with Gasteiger partial charge >= 0.3 is 0 Å². The molecule has 1 fully saturated rings. The average Bonchev–Trinajstić information content (AvgIpc) is 3.19. The molecule has 2 N–H and O–H groups in total. The molecule has 7 heteroatoms. The molecule has 1 unspecified atom stereocenters. The summed E-state index contributed by atoms with van der Waals surface area (Å²) >= 11 is 0. The second-order valence-corrected chi connectivity index (χ2v) is 9.95. The maximum Gasteiger partial charge on any atom is 0.261 e. The smallest absolute Gasteiger partial charge is 0.261 e. The van der Waals surface area contributed by atoms with Gasteiger partial charge in [-0.3, -0.25) is 9.52 Å². The molecule has 3 rings (SSSR count). The van der Waals surface area contributed by atoms with Crippen LogP contribution < -0.4 is 10.0 Å². The van der Waals surface area contributed by atoms with E-state index in [0.717, 1.165) is 18.4 Å². The van der Waals surface area contributed by atoms with Gasteiger partial charge in [-0.15, -0.1) is 0 Å². The van der Waals surface area contributed by atoms with Crippen LogP contribution in [0.4, 0.5) is 5.69 Å². The number of ether oxygens (including phenoxy) is 1. The van der Waals surface area contributed by atoms with Crippen LogP contribution in [0.2, 0.25) is 0 Å². The van der Waals surface area contributed by atoms with Gasteiger partial charge in [0.25, 0.3) is 15.9 Å². The Kier molecular flexibility index (Phi) is 6.29. The fourth-order valence-corrected chi connectivity index (χ4v) is 4.29. The van der Waals surface area contributed by atoms with Crippen LogP contribution in [0.5, 0.6) is 0 Å². The van der Waals surface area contributed by atoms with Gasteiger partial charge in [0, 0.05) is 13.2 Å². The molecule has 1 aliphatic rings. The van der Waals surface area contributed by atoms with E-state index in [9.17, 15) is 13.2 Å². The van der Waals surface area contributed by atoms with Gasteiger partial charge in [0.2, 0.25) is 0 Å². The van der Waals surface area contributed by atoms with E-state index >= 15 is 0 Å². The summed E-state index contributed by atoms with van der Waals surface area (Å²) < 4.78 is 33.7. The van der Waals surface area contributed by atoms with Crippen LogP contribution in [-0.2, 0) is 20.2 Å². The van der Waals surface area contributed by atoms with Crippen molar-refractivity contribution >= 4 is 21.6 Å². The number of carbonyl (C=O) groups is 1. The molecule has 1 aliphatic heterocycles. The van der Waals surface area contributed by atoms with Gasteiger partial charge in [-0.25, -0.2) is 8.42 Å². The van der Waals surface area contributed by atoms with E-state index in [1.165, 1.54) is 0 Å². The van der Waals surface area contributed by atoms with Crippen LogP contribution in [-0.4, -0.2) is 33.6 Å². The van der Waals surface area contributed by atoms with Crippen molar-refractivity contribution in [2.24, 2.45) is 0 Å². The largest absolute Gasteiger partial charge is 0.376 e. The van der Waals surface area contributed by atoms with Gasteiger partial charge in [0.05, 0.1) is 22.3 Å². The van der Waals surface area contributed by atoms with Crippen LogP contribution in [0, 0.1) is 0 Å². The zero-order chi connectivity index (χ0) is 21.1. The van der Waals surface area contributed by atoms with E-state index in [-0.39, 0.29) is 33.6 Å². The molecule has 1 saturated heterocycles. The zero-order valence-electron chi connectivity index (χ0n) is 17.1. The van der Waals surface area contributed by atoms with Crippen molar-refractivity contribution < 1.29 is 17.9 Å². The van der Waals surface area contributed by atoms with Crippen LogP contribution in [0.15, 0.2) is 53.4 Å². The quantitative estimate of drug-likeness (QED) is 0.752. The molecule has 0 spiro atoms. The van der Waals surface area contributed by atoms with E-state index in [2.05, 4.69) is 30.8 Å². The topological polar surface area (TPSA) is 84.5 Å². The number of rotatable bonds is 6. The Balaban J connectivity index is 1.76. The number of sulfonamides is 1. The van der Waals surface area contributed by atoms with E-state index in [1.54, 1.807) is 36.4 Å². The molecule has 156 valence electrons. The second-order valence-electron chi connectivity index (χ2n) is 8.27. The number of amides is 1. The maximum absolute atomic E-state index is 12.8. The Morgan fingerprint density at radius 2 is 1.79 bits per heavy atom. The number of nitrogens with one attached hydrogen (secondary N) is 2. The van der Waals surface area contributed by atoms with Gasteiger partial charge in [-0.2, -0.15) is 0 Å². The molecule has 1 amide bonds. The number of benzene rings is 2.